The number of benzene rings is 2. The molecule has 1 saturated heterocycles. The number of carbonyl (C=O) groups is 1. The lowest BCUT2D eigenvalue weighted by molar-refractivity contribution is -0.138. The van der Waals surface area contributed by atoms with Gasteiger partial charge in [0.1, 0.15) is 5.69 Å². The zero-order valence-corrected chi connectivity index (χ0v) is 23.4. The van der Waals surface area contributed by atoms with E-state index in [2.05, 4.69) is 37.2 Å². The van der Waals surface area contributed by atoms with Crippen molar-refractivity contribution in [2.24, 2.45) is 0 Å². The van der Waals surface area contributed by atoms with Crippen molar-refractivity contribution < 1.29 is 18.0 Å². The molecule has 214 valence electrons. The average molecular weight is 563 g/mol. The minimum absolute atomic E-state index is 0.0872. The number of piperazine rings is 1. The fourth-order valence-corrected chi connectivity index (χ4v) is 4.76. The van der Waals surface area contributed by atoms with Gasteiger partial charge in [0.25, 0.3) is 5.91 Å². The maximum Gasteiger partial charge on any atom is 0.416 e. The Morgan fingerprint density at radius 1 is 1.02 bits per heavy atom. The number of nitrogens with one attached hydrogen (secondary N) is 1. The van der Waals surface area contributed by atoms with E-state index in [0.29, 0.717) is 36.0 Å². The molecule has 2 aliphatic rings. The van der Waals surface area contributed by atoms with Crippen LogP contribution in [0.15, 0.2) is 48.5 Å². The summed E-state index contributed by atoms with van der Waals surface area (Å²) in [6, 6.07) is 13.2. The number of amides is 1. The maximum absolute atomic E-state index is 14.0. The minimum atomic E-state index is -4.54. The van der Waals surface area contributed by atoms with Gasteiger partial charge in [0.05, 0.1) is 5.56 Å². The van der Waals surface area contributed by atoms with Gasteiger partial charge in [0.2, 0.25) is 0 Å². The topological polar surface area (TPSA) is 64.6 Å². The largest absolute Gasteiger partial charge is 0.416 e. The first-order valence-electron chi connectivity index (χ1n) is 13.7. The van der Waals surface area contributed by atoms with Crippen molar-refractivity contribution >= 4 is 17.4 Å². The summed E-state index contributed by atoms with van der Waals surface area (Å²) in [5, 5.41) is 11.1. The van der Waals surface area contributed by atoms with Crippen LogP contribution in [-0.4, -0.2) is 72.2 Å². The summed E-state index contributed by atoms with van der Waals surface area (Å²) >= 11 is 0. The molecule has 1 N–H and O–H groups in total. The van der Waals surface area contributed by atoms with E-state index in [1.807, 2.05) is 38.1 Å². The average Bonchev–Trinajstić information content (AvgIpc) is 3.80. The summed E-state index contributed by atoms with van der Waals surface area (Å²) in [7, 11) is 4.00. The van der Waals surface area contributed by atoms with E-state index < -0.39 is 17.6 Å². The molecule has 0 bridgehead atoms. The smallest absolute Gasteiger partial charge is 0.355 e. The normalized spacial score (nSPS) is 16.1. The highest BCUT2D eigenvalue weighted by atomic mass is 19.4. The number of rotatable bonds is 6. The quantitative estimate of drug-likeness (QED) is 0.436. The van der Waals surface area contributed by atoms with Crippen LogP contribution in [-0.2, 0) is 12.7 Å². The number of hydrogen-bond acceptors (Lipinski definition) is 6. The SMILES string of the molecule is Cc1ccc(C(=O)Nc2ccc(CN3CCN(C)CC3)c(C(F)(F)F)c2)cc1C#Cc1ccc(N(C)C2CC2)nn1. The Morgan fingerprint density at radius 3 is 2.44 bits per heavy atom. The highest BCUT2D eigenvalue weighted by Gasteiger charge is 2.34. The van der Waals surface area contributed by atoms with Crippen LogP contribution in [0, 0.1) is 18.8 Å². The van der Waals surface area contributed by atoms with Crippen LogP contribution >= 0.6 is 0 Å². The third-order valence-electron chi connectivity index (χ3n) is 7.59. The van der Waals surface area contributed by atoms with E-state index >= 15 is 0 Å². The molecule has 1 aromatic heterocycles. The molecule has 41 heavy (non-hydrogen) atoms. The second-order valence-corrected chi connectivity index (χ2v) is 10.8. The van der Waals surface area contributed by atoms with Gasteiger partial charge in [0, 0.05) is 62.6 Å². The highest BCUT2D eigenvalue weighted by molar-refractivity contribution is 6.04. The monoisotopic (exact) mass is 562 g/mol. The summed E-state index contributed by atoms with van der Waals surface area (Å²) in [6.07, 6.45) is -2.22. The molecule has 2 fully saturated rings. The molecule has 1 aliphatic carbocycles. The summed E-state index contributed by atoms with van der Waals surface area (Å²) in [5.41, 5.74) is 1.83. The Balaban J connectivity index is 1.29. The van der Waals surface area contributed by atoms with Crippen molar-refractivity contribution in [1.29, 1.82) is 0 Å². The molecule has 5 rings (SSSR count). The van der Waals surface area contributed by atoms with Crippen molar-refractivity contribution in [3.8, 4) is 11.8 Å². The summed E-state index contributed by atoms with van der Waals surface area (Å²) < 4.78 is 41.9. The van der Waals surface area contributed by atoms with E-state index in [9.17, 15) is 18.0 Å². The van der Waals surface area contributed by atoms with Gasteiger partial charge in [-0.2, -0.15) is 13.2 Å². The van der Waals surface area contributed by atoms with Gasteiger partial charge >= 0.3 is 6.18 Å². The second-order valence-electron chi connectivity index (χ2n) is 10.8. The first kappa shape index (κ1) is 28.6. The van der Waals surface area contributed by atoms with Crippen LogP contribution in [0.2, 0.25) is 0 Å². The van der Waals surface area contributed by atoms with Gasteiger partial charge in [-0.15, -0.1) is 10.2 Å². The number of likely N-dealkylation sites (N-methyl/N-ethyl adjacent to an activating group) is 1. The highest BCUT2D eigenvalue weighted by Crippen LogP contribution is 2.35. The molecule has 1 amide bonds. The molecular weight excluding hydrogens is 529 g/mol. The lowest BCUT2D eigenvalue weighted by Gasteiger charge is -2.33. The molecule has 2 aromatic carbocycles. The molecule has 0 atom stereocenters. The Hall–Kier alpha value is -3.94. The number of nitrogens with zero attached hydrogens (tertiary/aromatic N) is 5. The Bertz CT molecular complexity index is 1470. The van der Waals surface area contributed by atoms with Crippen molar-refractivity contribution in [1.82, 2.24) is 20.0 Å². The zero-order chi connectivity index (χ0) is 29.1. The molecule has 0 spiro atoms. The third-order valence-corrected chi connectivity index (χ3v) is 7.59. The third kappa shape index (κ3) is 7.23. The maximum atomic E-state index is 14.0. The molecular formula is C31H33F3N6O. The number of aromatic nitrogens is 2. The van der Waals surface area contributed by atoms with Crippen LogP contribution < -0.4 is 10.2 Å². The second kappa shape index (κ2) is 11.9. The number of anilines is 2. The first-order valence-corrected chi connectivity index (χ1v) is 13.7. The number of carbonyl (C=O) groups excluding carboxylic acids is 1. The standard InChI is InChI=1S/C31H33F3N6O/c1-21-4-5-23(18-22(21)6-8-25-10-13-29(37-36-25)39(3)27-11-12-27)30(41)35-26-9-7-24(28(19-26)31(32,33)34)20-40-16-14-38(2)15-17-40/h4-5,7,9-10,13,18-19,27H,11-12,14-17,20H2,1-3H3,(H,35,41). The van der Waals surface area contributed by atoms with Crippen LogP contribution in [0.25, 0.3) is 0 Å². The van der Waals surface area contributed by atoms with Crippen molar-refractivity contribution in [3.05, 3.63) is 82.0 Å². The van der Waals surface area contributed by atoms with Crippen LogP contribution in [0.5, 0.6) is 0 Å². The molecule has 3 aromatic rings. The molecule has 10 heteroatoms. The van der Waals surface area contributed by atoms with E-state index in [0.717, 1.165) is 43.4 Å². The van der Waals surface area contributed by atoms with Crippen molar-refractivity contribution in [2.45, 2.75) is 38.5 Å². The van der Waals surface area contributed by atoms with E-state index in [1.54, 1.807) is 18.2 Å². The van der Waals surface area contributed by atoms with Crippen LogP contribution in [0.1, 0.15) is 51.1 Å². The van der Waals surface area contributed by atoms with E-state index in [-0.39, 0.29) is 17.8 Å². The van der Waals surface area contributed by atoms with Gasteiger partial charge in [-0.3, -0.25) is 9.69 Å². The summed E-state index contributed by atoms with van der Waals surface area (Å²) in [4.78, 5) is 19.3. The van der Waals surface area contributed by atoms with Gasteiger partial charge in [-0.05, 0) is 80.3 Å². The number of hydrogen-bond donors (Lipinski definition) is 1. The molecule has 0 unspecified atom stereocenters. The zero-order valence-electron chi connectivity index (χ0n) is 23.4. The lowest BCUT2D eigenvalue weighted by Crippen LogP contribution is -2.44. The van der Waals surface area contributed by atoms with E-state index in [1.165, 1.54) is 12.1 Å². The summed E-state index contributed by atoms with van der Waals surface area (Å²) in [5.74, 6) is 6.32. The minimum Gasteiger partial charge on any atom is -0.355 e. The fourth-order valence-electron chi connectivity index (χ4n) is 4.76. The van der Waals surface area contributed by atoms with Gasteiger partial charge in [-0.1, -0.05) is 18.1 Å². The Morgan fingerprint density at radius 2 is 1.78 bits per heavy atom. The Kier molecular flexibility index (Phi) is 8.29. The van der Waals surface area contributed by atoms with Crippen LogP contribution in [0.4, 0.5) is 24.7 Å². The fraction of sp³-hybridized carbons (Fsp3) is 0.387. The van der Waals surface area contributed by atoms with Gasteiger partial charge in [0.15, 0.2) is 5.82 Å². The van der Waals surface area contributed by atoms with Gasteiger partial charge in [-0.25, -0.2) is 0 Å². The predicted octanol–water partition coefficient (Wildman–Crippen LogP) is 4.80. The van der Waals surface area contributed by atoms with Gasteiger partial charge < -0.3 is 15.1 Å². The Labute approximate surface area is 238 Å². The first-order chi connectivity index (χ1) is 19.6. The molecule has 1 saturated carbocycles. The van der Waals surface area contributed by atoms with Crippen molar-refractivity contribution in [2.75, 3.05) is 50.5 Å². The number of halogens is 3. The van der Waals surface area contributed by atoms with E-state index in [4.69, 9.17) is 0 Å². The molecule has 1 aliphatic heterocycles. The lowest BCUT2D eigenvalue weighted by atomic mass is 10.0. The van der Waals surface area contributed by atoms with Crippen molar-refractivity contribution in [3.63, 3.8) is 0 Å². The summed E-state index contributed by atoms with van der Waals surface area (Å²) in [6.45, 7) is 5.13. The molecule has 2 heterocycles. The number of alkyl halides is 3. The molecule has 7 nitrogen and oxygen atoms in total. The number of aryl methyl sites for hydroxylation is 1. The molecule has 0 radical (unpaired) electrons. The van der Waals surface area contributed by atoms with Crippen LogP contribution in [0.3, 0.4) is 0 Å². The predicted molar refractivity (Wildman–Crippen MR) is 153 cm³/mol.